The summed E-state index contributed by atoms with van der Waals surface area (Å²) in [5.41, 5.74) is 0.181. The molecule has 0 spiro atoms. The molecule has 112 valence electrons. The van der Waals surface area contributed by atoms with Crippen LogP contribution in [0.4, 0.5) is 0 Å². The van der Waals surface area contributed by atoms with E-state index >= 15 is 0 Å². The predicted molar refractivity (Wildman–Crippen MR) is 77.2 cm³/mol. The van der Waals surface area contributed by atoms with Crippen LogP contribution >= 0.6 is 0 Å². The summed E-state index contributed by atoms with van der Waals surface area (Å²) in [6.07, 6.45) is 0.771. The topological polar surface area (TPSA) is 47.9 Å². The van der Waals surface area contributed by atoms with Gasteiger partial charge >= 0.3 is 0 Å². The Morgan fingerprint density at radius 1 is 1.30 bits per heavy atom. The maximum absolute atomic E-state index is 9.48. The standard InChI is InChI=1S/C16H24O4/c1-15(2)9-14(16(3,4)20-15)19-13-7-6-12(18-5)8-11(13)10-17/h6-8,14,17H,9-10H2,1-5H3. The first-order valence-corrected chi connectivity index (χ1v) is 6.92. The van der Waals surface area contributed by atoms with E-state index in [4.69, 9.17) is 14.2 Å². The predicted octanol–water partition coefficient (Wildman–Crippen LogP) is 2.91. The second-order valence-electron chi connectivity index (χ2n) is 6.41. The summed E-state index contributed by atoms with van der Waals surface area (Å²) < 4.78 is 17.3. The summed E-state index contributed by atoms with van der Waals surface area (Å²) >= 11 is 0. The number of aliphatic hydroxyl groups excluding tert-OH is 1. The Morgan fingerprint density at radius 3 is 2.50 bits per heavy atom. The fourth-order valence-electron chi connectivity index (χ4n) is 2.77. The largest absolute Gasteiger partial charge is 0.497 e. The molecule has 1 unspecified atom stereocenters. The first-order chi connectivity index (χ1) is 9.27. The Hall–Kier alpha value is -1.26. The fourth-order valence-corrected chi connectivity index (χ4v) is 2.77. The van der Waals surface area contributed by atoms with Crippen LogP contribution in [-0.4, -0.2) is 29.5 Å². The molecule has 0 amide bonds. The lowest BCUT2D eigenvalue weighted by atomic mass is 9.97. The first-order valence-electron chi connectivity index (χ1n) is 6.92. The van der Waals surface area contributed by atoms with Crippen molar-refractivity contribution in [3.8, 4) is 11.5 Å². The Morgan fingerprint density at radius 2 is 2.00 bits per heavy atom. The van der Waals surface area contributed by atoms with Crippen LogP contribution in [0.15, 0.2) is 18.2 Å². The average molecular weight is 280 g/mol. The Labute approximate surface area is 120 Å². The number of aliphatic hydroxyl groups is 1. The van der Waals surface area contributed by atoms with Gasteiger partial charge in [0, 0.05) is 12.0 Å². The van der Waals surface area contributed by atoms with Gasteiger partial charge in [0.2, 0.25) is 0 Å². The van der Waals surface area contributed by atoms with Gasteiger partial charge < -0.3 is 19.3 Å². The molecular weight excluding hydrogens is 256 g/mol. The maximum Gasteiger partial charge on any atom is 0.130 e. The first kappa shape index (κ1) is 15.1. The second-order valence-corrected chi connectivity index (χ2v) is 6.41. The van der Waals surface area contributed by atoms with E-state index in [2.05, 4.69) is 13.8 Å². The molecule has 4 nitrogen and oxygen atoms in total. The van der Waals surface area contributed by atoms with Gasteiger partial charge in [0.25, 0.3) is 0 Å². The van der Waals surface area contributed by atoms with Crippen molar-refractivity contribution in [1.82, 2.24) is 0 Å². The van der Waals surface area contributed by atoms with Gasteiger partial charge in [-0.25, -0.2) is 0 Å². The minimum absolute atomic E-state index is 0.0452. The number of methoxy groups -OCH3 is 1. The molecule has 0 radical (unpaired) electrons. The summed E-state index contributed by atoms with van der Waals surface area (Å²) in [6, 6.07) is 5.47. The van der Waals surface area contributed by atoms with Crippen molar-refractivity contribution < 1.29 is 19.3 Å². The molecule has 0 saturated carbocycles. The van der Waals surface area contributed by atoms with Gasteiger partial charge in [-0.2, -0.15) is 0 Å². The molecule has 1 aliphatic heterocycles. The molecule has 2 rings (SSSR count). The summed E-state index contributed by atoms with van der Waals surface area (Å²) in [4.78, 5) is 0. The van der Waals surface area contributed by atoms with Gasteiger partial charge in [-0.1, -0.05) is 0 Å². The number of hydrogen-bond acceptors (Lipinski definition) is 4. The minimum Gasteiger partial charge on any atom is -0.497 e. The molecule has 1 N–H and O–H groups in total. The third kappa shape index (κ3) is 3.07. The van der Waals surface area contributed by atoms with Gasteiger partial charge in [0.15, 0.2) is 0 Å². The number of rotatable bonds is 4. The van der Waals surface area contributed by atoms with Crippen LogP contribution in [0.1, 0.15) is 39.7 Å². The van der Waals surface area contributed by atoms with Crippen LogP contribution in [0.2, 0.25) is 0 Å². The molecule has 20 heavy (non-hydrogen) atoms. The summed E-state index contributed by atoms with van der Waals surface area (Å²) in [7, 11) is 1.60. The number of hydrogen-bond donors (Lipinski definition) is 1. The van der Waals surface area contributed by atoms with Crippen molar-refractivity contribution in [1.29, 1.82) is 0 Å². The molecular formula is C16H24O4. The highest BCUT2D eigenvalue weighted by molar-refractivity contribution is 5.40. The highest BCUT2D eigenvalue weighted by atomic mass is 16.6. The molecule has 1 atom stereocenters. The van der Waals surface area contributed by atoms with E-state index in [1.807, 2.05) is 26.0 Å². The fraction of sp³-hybridized carbons (Fsp3) is 0.625. The molecule has 0 aliphatic carbocycles. The molecule has 4 heteroatoms. The van der Waals surface area contributed by atoms with E-state index in [1.165, 1.54) is 0 Å². The van der Waals surface area contributed by atoms with Gasteiger partial charge in [-0.15, -0.1) is 0 Å². The van der Waals surface area contributed by atoms with Crippen LogP contribution in [-0.2, 0) is 11.3 Å². The number of benzene rings is 1. The van der Waals surface area contributed by atoms with Crippen molar-refractivity contribution >= 4 is 0 Å². The smallest absolute Gasteiger partial charge is 0.130 e. The SMILES string of the molecule is COc1ccc(OC2CC(C)(C)OC2(C)C)c(CO)c1. The van der Waals surface area contributed by atoms with Crippen molar-refractivity contribution in [2.24, 2.45) is 0 Å². The van der Waals surface area contributed by atoms with Crippen LogP contribution < -0.4 is 9.47 Å². The van der Waals surface area contributed by atoms with E-state index in [1.54, 1.807) is 13.2 Å². The van der Waals surface area contributed by atoms with Crippen molar-refractivity contribution in [3.05, 3.63) is 23.8 Å². The van der Waals surface area contributed by atoms with E-state index in [0.717, 1.165) is 12.0 Å². The van der Waals surface area contributed by atoms with E-state index < -0.39 is 0 Å². The lowest BCUT2D eigenvalue weighted by Crippen LogP contribution is -2.36. The van der Waals surface area contributed by atoms with E-state index in [0.29, 0.717) is 11.5 Å². The lowest BCUT2D eigenvalue weighted by molar-refractivity contribution is -0.0847. The quantitative estimate of drug-likeness (QED) is 0.921. The highest BCUT2D eigenvalue weighted by Gasteiger charge is 2.47. The molecule has 0 bridgehead atoms. The van der Waals surface area contributed by atoms with Crippen LogP contribution in [0.25, 0.3) is 0 Å². The zero-order chi connectivity index (χ0) is 15.0. The van der Waals surface area contributed by atoms with Gasteiger partial charge in [0.1, 0.15) is 23.2 Å². The van der Waals surface area contributed by atoms with Crippen molar-refractivity contribution in [3.63, 3.8) is 0 Å². The molecule has 1 heterocycles. The molecule has 1 aromatic rings. The van der Waals surface area contributed by atoms with Gasteiger partial charge in [-0.05, 0) is 45.9 Å². The van der Waals surface area contributed by atoms with Crippen molar-refractivity contribution in [2.45, 2.75) is 58.0 Å². The molecule has 0 aromatic heterocycles. The Bertz CT molecular complexity index is 479. The van der Waals surface area contributed by atoms with Crippen LogP contribution in [0, 0.1) is 0 Å². The maximum atomic E-state index is 9.48. The third-order valence-electron chi connectivity index (χ3n) is 3.70. The zero-order valence-corrected chi connectivity index (χ0v) is 12.9. The Balaban J connectivity index is 2.22. The normalized spacial score (nSPS) is 23.6. The molecule has 1 saturated heterocycles. The van der Waals surface area contributed by atoms with E-state index in [9.17, 15) is 5.11 Å². The van der Waals surface area contributed by atoms with Gasteiger partial charge in [0.05, 0.1) is 19.3 Å². The highest BCUT2D eigenvalue weighted by Crippen LogP contribution is 2.40. The van der Waals surface area contributed by atoms with Crippen molar-refractivity contribution in [2.75, 3.05) is 7.11 Å². The second kappa shape index (κ2) is 5.26. The molecule has 1 aliphatic rings. The Kier molecular flexibility index (Phi) is 3.98. The van der Waals surface area contributed by atoms with Crippen LogP contribution in [0.5, 0.6) is 11.5 Å². The van der Waals surface area contributed by atoms with Crippen LogP contribution in [0.3, 0.4) is 0 Å². The molecule has 1 aromatic carbocycles. The summed E-state index contributed by atoms with van der Waals surface area (Å²) in [6.45, 7) is 8.13. The lowest BCUT2D eigenvalue weighted by Gasteiger charge is -2.28. The van der Waals surface area contributed by atoms with E-state index in [-0.39, 0.29) is 23.9 Å². The van der Waals surface area contributed by atoms with Gasteiger partial charge in [-0.3, -0.25) is 0 Å². The zero-order valence-electron chi connectivity index (χ0n) is 12.9. The number of ether oxygens (including phenoxy) is 3. The summed E-state index contributed by atoms with van der Waals surface area (Å²) in [5.74, 6) is 1.40. The summed E-state index contributed by atoms with van der Waals surface area (Å²) in [5, 5.41) is 9.48. The minimum atomic E-state index is -0.351. The monoisotopic (exact) mass is 280 g/mol. The third-order valence-corrected chi connectivity index (χ3v) is 3.70. The molecule has 1 fully saturated rings. The average Bonchev–Trinajstić information content (AvgIpc) is 2.57.